The first-order valence-electron chi connectivity index (χ1n) is 12.9. The summed E-state index contributed by atoms with van der Waals surface area (Å²) < 4.78 is 5.22. The molecule has 0 aromatic heterocycles. The Labute approximate surface area is 216 Å². The zero-order valence-corrected chi connectivity index (χ0v) is 22.0. The minimum Gasteiger partial charge on any atom is -0.497 e. The molecule has 3 aromatic carbocycles. The molecule has 4 nitrogen and oxygen atoms in total. The normalized spacial score (nSPS) is 12.1. The van der Waals surface area contributed by atoms with Gasteiger partial charge in [0.25, 0.3) is 0 Å². The number of urea groups is 1. The van der Waals surface area contributed by atoms with E-state index in [9.17, 15) is 4.79 Å². The smallest absolute Gasteiger partial charge is 0.321 e. The summed E-state index contributed by atoms with van der Waals surface area (Å²) in [5.74, 6) is 7.84. The number of unbranched alkanes of at least 4 members (excludes halogenated alkanes) is 2. The number of anilines is 1. The number of benzene rings is 3. The maximum absolute atomic E-state index is 13.2. The number of nitrogens with one attached hydrogen (secondary N) is 1. The zero-order chi connectivity index (χ0) is 25.8. The summed E-state index contributed by atoms with van der Waals surface area (Å²) in [7, 11) is 1.64. The van der Waals surface area contributed by atoms with E-state index in [4.69, 9.17) is 4.74 Å². The van der Waals surface area contributed by atoms with Gasteiger partial charge in [0.05, 0.1) is 7.11 Å². The van der Waals surface area contributed by atoms with Crippen molar-refractivity contribution in [1.82, 2.24) is 4.90 Å². The Kier molecular flexibility index (Phi) is 10.5. The van der Waals surface area contributed by atoms with E-state index < -0.39 is 0 Å². The van der Waals surface area contributed by atoms with E-state index in [1.54, 1.807) is 7.11 Å². The summed E-state index contributed by atoms with van der Waals surface area (Å²) in [6, 6.07) is 25.9. The summed E-state index contributed by atoms with van der Waals surface area (Å²) in [6.07, 6.45) is 3.24. The van der Waals surface area contributed by atoms with Crippen LogP contribution in [-0.4, -0.2) is 31.1 Å². The van der Waals surface area contributed by atoms with Crippen LogP contribution in [0.3, 0.4) is 0 Å². The Balaban J connectivity index is 1.64. The molecular weight excluding hydrogens is 444 g/mol. The van der Waals surface area contributed by atoms with Gasteiger partial charge < -0.3 is 15.0 Å². The van der Waals surface area contributed by atoms with Crippen molar-refractivity contribution in [2.24, 2.45) is 5.92 Å². The van der Waals surface area contributed by atoms with Crippen LogP contribution in [0.15, 0.2) is 78.9 Å². The van der Waals surface area contributed by atoms with Crippen molar-refractivity contribution >= 4 is 11.7 Å². The third-order valence-electron chi connectivity index (χ3n) is 6.58. The van der Waals surface area contributed by atoms with Crippen molar-refractivity contribution in [2.45, 2.75) is 46.0 Å². The van der Waals surface area contributed by atoms with Crippen molar-refractivity contribution in [3.8, 4) is 17.6 Å². The molecule has 0 aliphatic carbocycles. The number of amides is 2. The molecule has 0 saturated heterocycles. The molecule has 0 aliphatic heterocycles. The Hall–Kier alpha value is -3.71. The molecule has 0 saturated carbocycles. The van der Waals surface area contributed by atoms with Gasteiger partial charge in [-0.05, 0) is 72.4 Å². The van der Waals surface area contributed by atoms with E-state index in [1.807, 2.05) is 59.5 Å². The van der Waals surface area contributed by atoms with Gasteiger partial charge in [-0.25, -0.2) is 4.79 Å². The molecule has 2 amide bonds. The fourth-order valence-corrected chi connectivity index (χ4v) is 4.08. The second-order valence-electron chi connectivity index (χ2n) is 9.32. The van der Waals surface area contributed by atoms with Gasteiger partial charge in [0.2, 0.25) is 0 Å². The lowest BCUT2D eigenvalue weighted by Gasteiger charge is -2.29. The molecule has 0 heterocycles. The molecule has 2 atom stereocenters. The van der Waals surface area contributed by atoms with Crippen molar-refractivity contribution in [1.29, 1.82) is 0 Å². The van der Waals surface area contributed by atoms with Crippen LogP contribution < -0.4 is 10.1 Å². The molecule has 3 rings (SSSR count). The van der Waals surface area contributed by atoms with E-state index in [2.05, 4.69) is 62.2 Å². The van der Waals surface area contributed by atoms with Crippen LogP contribution in [0.4, 0.5) is 10.5 Å². The number of carbonyl (C=O) groups excluding carboxylic acids is 1. The van der Waals surface area contributed by atoms with Crippen LogP contribution >= 0.6 is 0 Å². The summed E-state index contributed by atoms with van der Waals surface area (Å²) in [4.78, 5) is 15.1. The summed E-state index contributed by atoms with van der Waals surface area (Å²) in [5, 5.41) is 3.06. The minimum absolute atomic E-state index is 0.0538. The van der Waals surface area contributed by atoms with Crippen LogP contribution in [0.5, 0.6) is 5.75 Å². The van der Waals surface area contributed by atoms with E-state index in [0.29, 0.717) is 18.4 Å². The van der Waals surface area contributed by atoms with Crippen molar-refractivity contribution in [3.05, 3.63) is 95.6 Å². The van der Waals surface area contributed by atoms with Gasteiger partial charge in [-0.2, -0.15) is 0 Å². The molecule has 0 bridgehead atoms. The molecular formula is C32H38N2O2. The average Bonchev–Trinajstić information content (AvgIpc) is 2.92. The lowest BCUT2D eigenvalue weighted by molar-refractivity contribution is 0.197. The van der Waals surface area contributed by atoms with Crippen molar-refractivity contribution in [3.63, 3.8) is 0 Å². The number of ether oxygens (including phenoxy) is 1. The number of carbonyl (C=O) groups is 1. The fourth-order valence-electron chi connectivity index (χ4n) is 4.08. The maximum atomic E-state index is 13.2. The number of hydrogen-bond donors (Lipinski definition) is 1. The molecule has 0 radical (unpaired) electrons. The molecule has 1 N–H and O–H groups in total. The summed E-state index contributed by atoms with van der Waals surface area (Å²) in [6.45, 7) is 8.09. The molecule has 4 heteroatoms. The van der Waals surface area contributed by atoms with E-state index in [1.165, 1.54) is 5.56 Å². The lowest BCUT2D eigenvalue weighted by atomic mass is 9.88. The Morgan fingerprint density at radius 1 is 0.889 bits per heavy atom. The van der Waals surface area contributed by atoms with Gasteiger partial charge in [-0.3, -0.25) is 0 Å². The second kappa shape index (κ2) is 14.0. The molecule has 1 unspecified atom stereocenters. The SMILES string of the molecule is CCCCCN(CC(C)[C@H](C)c1ccc(C#Cc2ccccc2)cc1)C(=O)Nc1ccc(OC)cc1. The zero-order valence-electron chi connectivity index (χ0n) is 22.0. The molecule has 0 aliphatic rings. The van der Waals surface area contributed by atoms with E-state index >= 15 is 0 Å². The highest BCUT2D eigenvalue weighted by Crippen LogP contribution is 2.26. The van der Waals surface area contributed by atoms with Crippen LogP contribution in [0.1, 0.15) is 62.6 Å². The summed E-state index contributed by atoms with van der Waals surface area (Å²) >= 11 is 0. The van der Waals surface area contributed by atoms with Gasteiger partial charge in [0.1, 0.15) is 5.75 Å². The van der Waals surface area contributed by atoms with Gasteiger partial charge in [0.15, 0.2) is 0 Å². The van der Waals surface area contributed by atoms with Crippen molar-refractivity contribution in [2.75, 3.05) is 25.5 Å². The quantitative estimate of drug-likeness (QED) is 0.239. The predicted octanol–water partition coefficient (Wildman–Crippen LogP) is 7.56. The predicted molar refractivity (Wildman–Crippen MR) is 150 cm³/mol. The second-order valence-corrected chi connectivity index (χ2v) is 9.32. The average molecular weight is 483 g/mol. The number of methoxy groups -OCH3 is 1. The summed E-state index contributed by atoms with van der Waals surface area (Å²) in [5.41, 5.74) is 4.05. The standard InChI is InChI=1S/C32H38N2O2/c1-5-6-10-23-34(32(35)33-30-19-21-31(36-4)22-20-30)24-25(2)26(3)29-17-15-28(16-18-29)14-13-27-11-8-7-9-12-27/h7-9,11-12,15-22,25-26H,5-6,10,23-24H2,1-4H3,(H,33,35)/t25?,26-/m0/s1. The first kappa shape index (κ1) is 26.9. The van der Waals surface area contributed by atoms with E-state index in [-0.39, 0.29) is 6.03 Å². The third kappa shape index (κ3) is 8.20. The Morgan fingerprint density at radius 2 is 1.53 bits per heavy atom. The van der Waals surface area contributed by atoms with Crippen LogP contribution in [0.25, 0.3) is 0 Å². The van der Waals surface area contributed by atoms with Gasteiger partial charge in [-0.1, -0.05) is 75.8 Å². The number of nitrogens with zero attached hydrogens (tertiary/aromatic N) is 1. The Morgan fingerprint density at radius 3 is 2.14 bits per heavy atom. The monoisotopic (exact) mass is 482 g/mol. The lowest BCUT2D eigenvalue weighted by Crippen LogP contribution is -2.39. The molecule has 3 aromatic rings. The highest BCUT2D eigenvalue weighted by atomic mass is 16.5. The molecule has 0 spiro atoms. The minimum atomic E-state index is -0.0538. The van der Waals surface area contributed by atoms with Crippen LogP contribution in [-0.2, 0) is 0 Å². The first-order valence-corrected chi connectivity index (χ1v) is 12.9. The number of rotatable bonds is 10. The third-order valence-corrected chi connectivity index (χ3v) is 6.58. The highest BCUT2D eigenvalue weighted by molar-refractivity contribution is 5.89. The van der Waals surface area contributed by atoms with Crippen molar-refractivity contribution < 1.29 is 9.53 Å². The van der Waals surface area contributed by atoms with Gasteiger partial charge in [0, 0.05) is 29.9 Å². The van der Waals surface area contributed by atoms with E-state index in [0.717, 1.165) is 48.4 Å². The van der Waals surface area contributed by atoms with Gasteiger partial charge >= 0.3 is 6.03 Å². The van der Waals surface area contributed by atoms with Crippen LogP contribution in [0, 0.1) is 17.8 Å². The molecule has 188 valence electrons. The molecule has 36 heavy (non-hydrogen) atoms. The first-order chi connectivity index (χ1) is 17.5. The Bertz CT molecular complexity index is 1130. The number of hydrogen-bond acceptors (Lipinski definition) is 2. The molecule has 0 fully saturated rings. The maximum Gasteiger partial charge on any atom is 0.321 e. The van der Waals surface area contributed by atoms with Gasteiger partial charge in [-0.15, -0.1) is 0 Å². The largest absolute Gasteiger partial charge is 0.497 e. The highest BCUT2D eigenvalue weighted by Gasteiger charge is 2.21. The fraction of sp³-hybridized carbons (Fsp3) is 0.344. The van der Waals surface area contributed by atoms with Crippen LogP contribution in [0.2, 0.25) is 0 Å². The topological polar surface area (TPSA) is 41.6 Å².